The zero-order chi connectivity index (χ0) is 26.7. The lowest BCUT2D eigenvalue weighted by Crippen LogP contribution is -2.50. The smallest absolute Gasteiger partial charge is 0.323 e. The molecule has 0 spiro atoms. The fraction of sp³-hybridized carbons (Fsp3) is 0.467. The Morgan fingerprint density at radius 3 is 2.57 bits per heavy atom. The summed E-state index contributed by atoms with van der Waals surface area (Å²) in [4.78, 5) is 26.5. The monoisotopic (exact) mass is 525 g/mol. The van der Waals surface area contributed by atoms with Crippen LogP contribution in [-0.4, -0.2) is 40.1 Å². The number of nitrogens with zero attached hydrogens (tertiary/aromatic N) is 1. The summed E-state index contributed by atoms with van der Waals surface area (Å²) < 4.78 is 13.1. The van der Waals surface area contributed by atoms with Gasteiger partial charge >= 0.3 is 5.97 Å². The number of halogens is 1. The Morgan fingerprint density at radius 1 is 1.16 bits per heavy atom. The summed E-state index contributed by atoms with van der Waals surface area (Å²) in [5.74, 6) is -0.525. The number of benzene rings is 2. The predicted octanol–water partition coefficient (Wildman–Crippen LogP) is 6.82. The van der Waals surface area contributed by atoms with E-state index >= 15 is 0 Å². The van der Waals surface area contributed by atoms with E-state index in [4.69, 9.17) is 21.1 Å². The average molecular weight is 526 g/mol. The van der Waals surface area contributed by atoms with Crippen molar-refractivity contribution < 1.29 is 24.2 Å². The largest absolute Gasteiger partial charge is 0.487 e. The predicted molar refractivity (Wildman–Crippen MR) is 144 cm³/mol. The minimum atomic E-state index is -1.07. The van der Waals surface area contributed by atoms with Gasteiger partial charge in [0.2, 0.25) is 0 Å². The van der Waals surface area contributed by atoms with Crippen molar-refractivity contribution in [3.8, 4) is 5.75 Å². The number of allylic oxidation sites excluding steroid dienone is 2. The van der Waals surface area contributed by atoms with Gasteiger partial charge in [-0.1, -0.05) is 35.4 Å². The minimum absolute atomic E-state index is 0.113. The van der Waals surface area contributed by atoms with E-state index in [9.17, 15) is 14.7 Å². The number of amides is 1. The van der Waals surface area contributed by atoms with E-state index in [0.29, 0.717) is 10.6 Å². The van der Waals surface area contributed by atoms with E-state index in [1.54, 1.807) is 30.3 Å². The Labute approximate surface area is 224 Å². The Balaban J connectivity index is 1.64. The SMILES string of the molecule is CC(C)=CCC[C@@]1(C)Oc2ccc(C(=O)N(CC(=O)O)Cc3ccc(Cl)cc3)cc2[C@@H]2O[C@H](C)CC[C@H]21. The zero-order valence-corrected chi connectivity index (χ0v) is 22.8. The molecule has 0 bridgehead atoms. The van der Waals surface area contributed by atoms with E-state index in [-0.39, 0.29) is 36.2 Å². The van der Waals surface area contributed by atoms with Crippen LogP contribution in [0.3, 0.4) is 0 Å². The molecule has 4 rings (SSSR count). The second-order valence-electron chi connectivity index (χ2n) is 10.7. The van der Waals surface area contributed by atoms with Gasteiger partial charge in [-0.15, -0.1) is 0 Å². The Bertz CT molecular complexity index is 1170. The second kappa shape index (κ2) is 11.3. The van der Waals surface area contributed by atoms with Crippen molar-refractivity contribution >= 4 is 23.5 Å². The molecule has 2 aromatic rings. The van der Waals surface area contributed by atoms with Gasteiger partial charge in [0, 0.05) is 28.6 Å². The van der Waals surface area contributed by atoms with Gasteiger partial charge in [0.25, 0.3) is 5.91 Å². The van der Waals surface area contributed by atoms with Crippen molar-refractivity contribution in [3.63, 3.8) is 0 Å². The van der Waals surface area contributed by atoms with Crippen molar-refractivity contribution in [2.45, 2.75) is 77.7 Å². The third-order valence-corrected chi connectivity index (χ3v) is 7.66. The number of carbonyl (C=O) groups is 2. The van der Waals surface area contributed by atoms with E-state index in [0.717, 1.165) is 42.6 Å². The van der Waals surface area contributed by atoms with Gasteiger partial charge in [-0.05, 0) is 89.3 Å². The summed E-state index contributed by atoms with van der Waals surface area (Å²) in [6, 6.07) is 12.4. The number of carbonyl (C=O) groups excluding carboxylic acids is 1. The van der Waals surface area contributed by atoms with Crippen LogP contribution in [0.2, 0.25) is 5.02 Å². The number of hydrogen-bond donors (Lipinski definition) is 1. The van der Waals surface area contributed by atoms with Crippen LogP contribution in [0.1, 0.15) is 81.0 Å². The van der Waals surface area contributed by atoms with Crippen LogP contribution in [0.25, 0.3) is 0 Å². The highest BCUT2D eigenvalue weighted by atomic mass is 35.5. The molecular weight excluding hydrogens is 490 g/mol. The van der Waals surface area contributed by atoms with Crippen LogP contribution >= 0.6 is 11.6 Å². The zero-order valence-electron chi connectivity index (χ0n) is 22.0. The van der Waals surface area contributed by atoms with Crippen LogP contribution in [0, 0.1) is 5.92 Å². The molecule has 0 aromatic heterocycles. The Kier molecular flexibility index (Phi) is 8.29. The lowest BCUT2D eigenvalue weighted by atomic mass is 9.72. The molecule has 0 aliphatic carbocycles. The summed E-state index contributed by atoms with van der Waals surface area (Å²) in [6.45, 7) is 8.22. The molecule has 2 aliphatic heterocycles. The molecular formula is C30H36ClNO5. The molecule has 2 aromatic carbocycles. The highest BCUT2D eigenvalue weighted by Crippen LogP contribution is 2.52. The molecule has 2 aliphatic rings. The maximum Gasteiger partial charge on any atom is 0.323 e. The van der Waals surface area contributed by atoms with Crippen LogP contribution in [0.5, 0.6) is 5.75 Å². The third-order valence-electron chi connectivity index (χ3n) is 7.41. The minimum Gasteiger partial charge on any atom is -0.487 e. The first-order chi connectivity index (χ1) is 17.6. The molecule has 6 nitrogen and oxygen atoms in total. The number of ether oxygens (including phenoxy) is 2. The second-order valence-corrected chi connectivity index (χ2v) is 11.2. The van der Waals surface area contributed by atoms with Crippen molar-refractivity contribution in [1.82, 2.24) is 4.90 Å². The van der Waals surface area contributed by atoms with Crippen molar-refractivity contribution in [1.29, 1.82) is 0 Å². The molecule has 0 unspecified atom stereocenters. The van der Waals surface area contributed by atoms with Crippen LogP contribution in [0.15, 0.2) is 54.1 Å². The van der Waals surface area contributed by atoms with Crippen LogP contribution in [-0.2, 0) is 16.1 Å². The lowest BCUT2D eigenvalue weighted by molar-refractivity contribution is -0.152. The number of carboxylic acids is 1. The maximum atomic E-state index is 13.5. The van der Waals surface area contributed by atoms with Crippen molar-refractivity contribution in [2.75, 3.05) is 6.54 Å². The fourth-order valence-electron chi connectivity index (χ4n) is 5.46. The first-order valence-electron chi connectivity index (χ1n) is 12.9. The number of fused-ring (bicyclic) bond motifs is 3. The standard InChI is InChI=1S/C30H36ClNO5/c1-19(2)6-5-15-30(4)25-13-7-20(3)36-28(25)24-16-22(10-14-26(24)37-30)29(35)32(18-27(33)34)17-21-8-11-23(31)12-9-21/h6,8-12,14,16,20,25,28H,5,7,13,15,17-18H2,1-4H3,(H,33,34)/t20-,25-,28+,30-/m1/s1. The van der Waals surface area contributed by atoms with Gasteiger partial charge in [0.15, 0.2) is 0 Å². The molecule has 1 saturated heterocycles. The topological polar surface area (TPSA) is 76.1 Å². The van der Waals surface area contributed by atoms with Gasteiger partial charge in [-0.3, -0.25) is 9.59 Å². The van der Waals surface area contributed by atoms with Gasteiger partial charge < -0.3 is 19.5 Å². The highest BCUT2D eigenvalue weighted by Gasteiger charge is 2.49. The van der Waals surface area contributed by atoms with Crippen molar-refractivity contribution in [2.24, 2.45) is 5.92 Å². The van der Waals surface area contributed by atoms with E-state index < -0.39 is 12.5 Å². The Morgan fingerprint density at radius 2 is 1.89 bits per heavy atom. The normalized spacial score (nSPS) is 24.3. The highest BCUT2D eigenvalue weighted by molar-refractivity contribution is 6.30. The molecule has 4 atom stereocenters. The van der Waals surface area contributed by atoms with Gasteiger partial charge in [0.1, 0.15) is 17.9 Å². The molecule has 2 heterocycles. The van der Waals surface area contributed by atoms with Gasteiger partial charge in [-0.25, -0.2) is 0 Å². The average Bonchev–Trinajstić information content (AvgIpc) is 2.84. The summed E-state index contributed by atoms with van der Waals surface area (Å²) in [7, 11) is 0. The number of hydrogen-bond acceptors (Lipinski definition) is 4. The van der Waals surface area contributed by atoms with Crippen LogP contribution in [0.4, 0.5) is 0 Å². The molecule has 1 amide bonds. The van der Waals surface area contributed by atoms with Crippen LogP contribution < -0.4 is 4.74 Å². The molecule has 1 fully saturated rings. The quantitative estimate of drug-likeness (QED) is 0.383. The Hall–Kier alpha value is -2.83. The van der Waals surface area contributed by atoms with Gasteiger partial charge in [-0.2, -0.15) is 0 Å². The molecule has 0 saturated carbocycles. The summed E-state index contributed by atoms with van der Waals surface area (Å²) in [5.41, 5.74) is 3.00. The number of carboxylic acid groups (broad SMARTS) is 1. The summed E-state index contributed by atoms with van der Waals surface area (Å²) >= 11 is 5.99. The van der Waals surface area contributed by atoms with Crippen molar-refractivity contribution in [3.05, 3.63) is 75.8 Å². The maximum absolute atomic E-state index is 13.5. The molecule has 7 heteroatoms. The van der Waals surface area contributed by atoms with Gasteiger partial charge in [0.05, 0.1) is 12.2 Å². The van der Waals surface area contributed by atoms with E-state index in [2.05, 4.69) is 33.8 Å². The molecule has 37 heavy (non-hydrogen) atoms. The first kappa shape index (κ1) is 27.2. The number of aliphatic carboxylic acids is 1. The summed E-state index contributed by atoms with van der Waals surface area (Å²) in [5, 5.41) is 10.1. The third kappa shape index (κ3) is 6.36. The lowest BCUT2D eigenvalue weighted by Gasteiger charge is -2.50. The fourth-order valence-corrected chi connectivity index (χ4v) is 5.58. The number of rotatable bonds is 8. The molecule has 1 N–H and O–H groups in total. The summed E-state index contributed by atoms with van der Waals surface area (Å²) in [6.07, 6.45) is 5.93. The first-order valence-corrected chi connectivity index (χ1v) is 13.3. The van der Waals surface area contributed by atoms with E-state index in [1.807, 2.05) is 12.1 Å². The molecule has 0 radical (unpaired) electrons. The van der Waals surface area contributed by atoms with E-state index in [1.165, 1.54) is 10.5 Å². The molecule has 198 valence electrons.